The van der Waals surface area contributed by atoms with Crippen molar-refractivity contribution in [1.29, 1.82) is 0 Å². The van der Waals surface area contributed by atoms with Gasteiger partial charge in [0.05, 0.1) is 30.2 Å². The highest BCUT2D eigenvalue weighted by molar-refractivity contribution is 7.89. The zero-order valence-electron chi connectivity index (χ0n) is 22.6. The molecule has 0 aliphatic carbocycles. The molecule has 0 spiro atoms. The minimum Gasteiger partial charge on any atom is -0.493 e. The van der Waals surface area contributed by atoms with E-state index in [2.05, 4.69) is 21.6 Å². The van der Waals surface area contributed by atoms with E-state index >= 15 is 0 Å². The zero-order valence-corrected chi connectivity index (χ0v) is 24.2. The number of aryl methyl sites for hydroxylation is 3. The molecule has 2 heterocycles. The molecule has 1 fully saturated rings. The molecule has 0 bridgehead atoms. The molecule has 0 saturated carbocycles. The van der Waals surface area contributed by atoms with Gasteiger partial charge in [0.1, 0.15) is 0 Å². The molecule has 1 aliphatic rings. The van der Waals surface area contributed by atoms with E-state index in [0.29, 0.717) is 30.7 Å². The largest absolute Gasteiger partial charge is 0.493 e. The summed E-state index contributed by atoms with van der Waals surface area (Å²) in [5.74, 6) is -0.130. The summed E-state index contributed by atoms with van der Waals surface area (Å²) in [5.41, 5.74) is 5.81. The number of nitrogens with zero attached hydrogens (tertiary/aromatic N) is 4. The number of azo groups is 1. The Morgan fingerprint density at radius 2 is 1.65 bits per heavy atom. The smallest absolute Gasteiger partial charge is 0.243 e. The van der Waals surface area contributed by atoms with Gasteiger partial charge >= 0.3 is 0 Å². The number of hydrogen-bond acceptors (Lipinski definition) is 6. The van der Waals surface area contributed by atoms with Crippen molar-refractivity contribution < 1.29 is 18.3 Å². The van der Waals surface area contributed by atoms with Gasteiger partial charge in [-0.15, -0.1) is 10.2 Å². The summed E-state index contributed by atoms with van der Waals surface area (Å²) in [6.07, 6.45) is 0. The summed E-state index contributed by atoms with van der Waals surface area (Å²) < 4.78 is 35.2. The van der Waals surface area contributed by atoms with Crippen LogP contribution in [-0.4, -0.2) is 53.8 Å². The van der Waals surface area contributed by atoms with E-state index in [9.17, 15) is 13.5 Å². The number of ether oxygens (including phenoxy) is 1. The number of hydrogen-bond donors (Lipinski definition) is 2. The number of rotatable bonds is 6. The maximum absolute atomic E-state index is 13.4. The molecule has 9 nitrogen and oxygen atoms in total. The van der Waals surface area contributed by atoms with Gasteiger partial charge in [0.2, 0.25) is 21.0 Å². The third kappa shape index (κ3) is 5.92. The SMILES string of the molecule is Cc1ccc(Cn2c(O)c(N=NC(=S)Nc3cc(C)cc(C)c3)c3cc(S(=O)(=O)N4CCOCC4)ccc32)cc1. The minimum absolute atomic E-state index is 0.112. The molecule has 0 radical (unpaired) electrons. The average Bonchev–Trinajstić information content (AvgIpc) is 3.18. The summed E-state index contributed by atoms with van der Waals surface area (Å²) in [6.45, 7) is 7.61. The van der Waals surface area contributed by atoms with Crippen LogP contribution in [0.2, 0.25) is 0 Å². The van der Waals surface area contributed by atoms with Crippen LogP contribution in [0.15, 0.2) is 75.8 Å². The van der Waals surface area contributed by atoms with Gasteiger partial charge in [0.15, 0.2) is 5.69 Å². The number of morpholine rings is 1. The maximum atomic E-state index is 13.4. The van der Waals surface area contributed by atoms with Crippen molar-refractivity contribution in [2.45, 2.75) is 32.2 Å². The standard InChI is InChI=1S/C29H31N5O4S2/c1-19-4-6-22(7-5-19)18-34-26-9-8-24(40(36,37)33-10-12-38-13-11-33)17-25(26)27(28(34)35)31-32-29(39)30-23-15-20(2)14-21(3)16-23/h4-9,14-17,35H,10-13,18H2,1-3H3,(H,30,39). The number of nitrogens with one attached hydrogen (secondary N) is 1. The Labute approximate surface area is 239 Å². The van der Waals surface area contributed by atoms with Crippen LogP contribution in [0.25, 0.3) is 10.9 Å². The first kappa shape index (κ1) is 27.9. The molecule has 1 aromatic heterocycles. The van der Waals surface area contributed by atoms with Crippen LogP contribution in [0.3, 0.4) is 0 Å². The van der Waals surface area contributed by atoms with Crippen LogP contribution < -0.4 is 5.32 Å². The monoisotopic (exact) mass is 577 g/mol. The van der Waals surface area contributed by atoms with Crippen LogP contribution in [0.5, 0.6) is 5.88 Å². The molecule has 3 aromatic carbocycles. The molecule has 1 aliphatic heterocycles. The Bertz CT molecular complexity index is 1690. The highest BCUT2D eigenvalue weighted by Gasteiger charge is 2.28. The van der Waals surface area contributed by atoms with E-state index in [1.165, 1.54) is 4.31 Å². The summed E-state index contributed by atoms with van der Waals surface area (Å²) in [4.78, 5) is 0.113. The van der Waals surface area contributed by atoms with Gasteiger partial charge in [-0.1, -0.05) is 35.9 Å². The van der Waals surface area contributed by atoms with Crippen molar-refractivity contribution in [2.24, 2.45) is 10.2 Å². The van der Waals surface area contributed by atoms with Crippen molar-refractivity contribution in [2.75, 3.05) is 31.6 Å². The number of anilines is 1. The number of thiocarbonyl (C=S) groups is 1. The van der Waals surface area contributed by atoms with Gasteiger partial charge < -0.3 is 19.7 Å². The lowest BCUT2D eigenvalue weighted by molar-refractivity contribution is 0.0730. The van der Waals surface area contributed by atoms with Crippen molar-refractivity contribution in [3.8, 4) is 5.88 Å². The van der Waals surface area contributed by atoms with Crippen LogP contribution in [0.4, 0.5) is 11.4 Å². The maximum Gasteiger partial charge on any atom is 0.243 e. The molecule has 40 heavy (non-hydrogen) atoms. The third-order valence-electron chi connectivity index (χ3n) is 6.76. The van der Waals surface area contributed by atoms with Crippen molar-refractivity contribution in [1.82, 2.24) is 8.87 Å². The molecule has 1 saturated heterocycles. The summed E-state index contributed by atoms with van der Waals surface area (Å²) in [5, 5.41) is 23.4. The first-order valence-electron chi connectivity index (χ1n) is 12.9. The van der Waals surface area contributed by atoms with E-state index in [0.717, 1.165) is 27.9 Å². The van der Waals surface area contributed by atoms with Crippen LogP contribution in [-0.2, 0) is 21.3 Å². The predicted octanol–water partition coefficient (Wildman–Crippen LogP) is 5.82. The number of aromatic hydroxyl groups is 1. The third-order valence-corrected chi connectivity index (χ3v) is 8.84. The Kier molecular flexibility index (Phi) is 7.99. The van der Waals surface area contributed by atoms with E-state index in [-0.39, 0.29) is 34.7 Å². The second-order valence-corrected chi connectivity index (χ2v) is 12.3. The summed E-state index contributed by atoms with van der Waals surface area (Å²) in [7, 11) is -3.77. The van der Waals surface area contributed by atoms with Crippen molar-refractivity contribution >= 4 is 49.6 Å². The normalized spacial score (nSPS) is 14.7. The predicted molar refractivity (Wildman–Crippen MR) is 160 cm³/mol. The molecule has 0 atom stereocenters. The molecule has 4 aromatic rings. The summed E-state index contributed by atoms with van der Waals surface area (Å²) >= 11 is 5.41. The fourth-order valence-corrected chi connectivity index (χ4v) is 6.42. The second-order valence-electron chi connectivity index (χ2n) is 9.95. The Morgan fingerprint density at radius 1 is 0.975 bits per heavy atom. The number of benzene rings is 3. The second kappa shape index (κ2) is 11.5. The molecular weight excluding hydrogens is 546 g/mol. The number of fused-ring (bicyclic) bond motifs is 1. The van der Waals surface area contributed by atoms with Crippen LogP contribution >= 0.6 is 12.2 Å². The zero-order chi connectivity index (χ0) is 28.4. The van der Waals surface area contributed by atoms with Crippen molar-refractivity contribution in [3.63, 3.8) is 0 Å². The lowest BCUT2D eigenvalue weighted by atomic mass is 10.1. The molecule has 5 rings (SSSR count). The Balaban J connectivity index is 1.55. The van der Waals surface area contributed by atoms with Gasteiger partial charge in [-0.2, -0.15) is 4.31 Å². The highest BCUT2D eigenvalue weighted by atomic mass is 32.2. The molecule has 0 unspecified atom stereocenters. The van der Waals surface area contributed by atoms with E-state index in [1.807, 2.05) is 57.2 Å². The average molecular weight is 578 g/mol. The first-order chi connectivity index (χ1) is 19.1. The van der Waals surface area contributed by atoms with Gasteiger partial charge in [0, 0.05) is 24.2 Å². The topological polar surface area (TPSA) is 109 Å². The van der Waals surface area contributed by atoms with E-state index in [1.54, 1.807) is 22.8 Å². The molecule has 208 valence electrons. The Hall–Kier alpha value is -3.64. The van der Waals surface area contributed by atoms with Gasteiger partial charge in [-0.25, -0.2) is 8.42 Å². The van der Waals surface area contributed by atoms with Crippen LogP contribution in [0, 0.1) is 20.8 Å². The lowest BCUT2D eigenvalue weighted by Crippen LogP contribution is -2.40. The van der Waals surface area contributed by atoms with Gasteiger partial charge in [-0.3, -0.25) is 0 Å². The summed E-state index contributed by atoms with van der Waals surface area (Å²) in [6, 6.07) is 18.7. The van der Waals surface area contributed by atoms with Gasteiger partial charge in [0.25, 0.3) is 0 Å². The van der Waals surface area contributed by atoms with Crippen molar-refractivity contribution in [3.05, 3.63) is 82.9 Å². The van der Waals surface area contributed by atoms with E-state index < -0.39 is 10.0 Å². The quantitative estimate of drug-likeness (QED) is 0.221. The molecule has 0 amide bonds. The highest BCUT2D eigenvalue weighted by Crippen LogP contribution is 2.41. The van der Waals surface area contributed by atoms with E-state index in [4.69, 9.17) is 17.0 Å². The van der Waals surface area contributed by atoms with Crippen LogP contribution in [0.1, 0.15) is 22.3 Å². The number of sulfonamides is 1. The fourth-order valence-electron chi connectivity index (χ4n) is 4.82. The minimum atomic E-state index is -3.77. The fraction of sp³-hybridized carbons (Fsp3) is 0.276. The molecule has 2 N–H and O–H groups in total. The molecule has 11 heteroatoms. The number of aromatic nitrogens is 1. The molecular formula is C29H31N5O4S2. The van der Waals surface area contributed by atoms with Gasteiger partial charge in [-0.05, 0) is 80.0 Å². The first-order valence-corrected chi connectivity index (χ1v) is 14.8. The lowest BCUT2D eigenvalue weighted by Gasteiger charge is -2.26. The Morgan fingerprint density at radius 3 is 2.33 bits per heavy atom.